The Balaban J connectivity index is 2.29. The van der Waals surface area contributed by atoms with Gasteiger partial charge in [-0.2, -0.15) is 0 Å². The summed E-state index contributed by atoms with van der Waals surface area (Å²) in [7, 11) is 0. The zero-order valence-corrected chi connectivity index (χ0v) is 14.9. The largest absolute Gasteiger partial charge is 0.462 e. The van der Waals surface area contributed by atoms with Crippen LogP contribution in [0.1, 0.15) is 27.6 Å². The van der Waals surface area contributed by atoms with Crippen molar-refractivity contribution in [2.75, 3.05) is 11.9 Å². The van der Waals surface area contributed by atoms with Crippen molar-refractivity contribution in [3.8, 4) is 0 Å². The lowest BCUT2D eigenvalue weighted by molar-refractivity contribution is 0.0527. The maximum Gasteiger partial charge on any atom is 0.340 e. The summed E-state index contributed by atoms with van der Waals surface area (Å²) in [5, 5.41) is 2.74. The van der Waals surface area contributed by atoms with E-state index >= 15 is 0 Å². The smallest absolute Gasteiger partial charge is 0.340 e. The molecule has 22 heavy (non-hydrogen) atoms. The Morgan fingerprint density at radius 2 is 1.82 bits per heavy atom. The van der Waals surface area contributed by atoms with Crippen LogP contribution in [0.15, 0.2) is 51.4 Å². The lowest BCUT2D eigenvalue weighted by Gasteiger charge is -2.11. The van der Waals surface area contributed by atoms with Crippen LogP contribution in [0.5, 0.6) is 0 Å². The maximum atomic E-state index is 12.4. The summed E-state index contributed by atoms with van der Waals surface area (Å²) >= 11 is 6.68. The first-order valence-electron chi connectivity index (χ1n) is 6.55. The normalized spacial score (nSPS) is 10.1. The molecule has 0 spiro atoms. The maximum absolute atomic E-state index is 12.4. The summed E-state index contributed by atoms with van der Waals surface area (Å²) in [6.45, 7) is 2.01. The molecular weight excluding hydrogens is 414 g/mol. The van der Waals surface area contributed by atoms with Crippen LogP contribution in [0.25, 0.3) is 0 Å². The highest BCUT2D eigenvalue weighted by atomic mass is 79.9. The van der Waals surface area contributed by atoms with Gasteiger partial charge in [0.1, 0.15) is 0 Å². The number of amides is 1. The first-order chi connectivity index (χ1) is 10.5. The summed E-state index contributed by atoms with van der Waals surface area (Å²) in [5.74, 6) is -0.781. The molecule has 0 fully saturated rings. The number of rotatable bonds is 4. The predicted molar refractivity (Wildman–Crippen MR) is 92.2 cm³/mol. The van der Waals surface area contributed by atoms with Gasteiger partial charge in [0.2, 0.25) is 0 Å². The van der Waals surface area contributed by atoms with Gasteiger partial charge < -0.3 is 10.1 Å². The summed E-state index contributed by atoms with van der Waals surface area (Å²) < 4.78 is 6.45. The third-order valence-electron chi connectivity index (χ3n) is 2.84. The highest BCUT2D eigenvalue weighted by Gasteiger charge is 2.16. The topological polar surface area (TPSA) is 55.4 Å². The molecule has 0 aliphatic carbocycles. The molecular formula is C16H13Br2NO3. The van der Waals surface area contributed by atoms with Crippen molar-refractivity contribution >= 4 is 49.4 Å². The fraction of sp³-hybridized carbons (Fsp3) is 0.125. The van der Waals surface area contributed by atoms with Gasteiger partial charge in [0, 0.05) is 8.95 Å². The van der Waals surface area contributed by atoms with Crippen LogP contribution in [0.3, 0.4) is 0 Å². The van der Waals surface area contributed by atoms with Gasteiger partial charge >= 0.3 is 5.97 Å². The number of halogens is 2. The van der Waals surface area contributed by atoms with Crippen LogP contribution in [-0.4, -0.2) is 18.5 Å². The van der Waals surface area contributed by atoms with Crippen molar-refractivity contribution in [2.24, 2.45) is 0 Å². The number of para-hydroxylation sites is 1. The number of ether oxygens (including phenoxy) is 1. The summed E-state index contributed by atoms with van der Waals surface area (Å²) in [6, 6.07) is 12.0. The van der Waals surface area contributed by atoms with Crippen molar-refractivity contribution in [3.05, 3.63) is 62.5 Å². The van der Waals surface area contributed by atoms with E-state index < -0.39 is 5.97 Å². The molecule has 0 aliphatic rings. The molecule has 0 unspecified atom stereocenters. The van der Waals surface area contributed by atoms with E-state index in [4.69, 9.17) is 4.74 Å². The molecule has 1 amide bonds. The first kappa shape index (κ1) is 16.7. The molecule has 0 aromatic heterocycles. The standard InChI is InChI=1S/C16H13Br2NO3/c1-2-22-16(21)11-5-3-4-6-14(11)19-15(20)12-9-10(17)7-8-13(12)18/h3-9H,2H2,1H3,(H,19,20). The molecule has 0 radical (unpaired) electrons. The molecule has 0 bridgehead atoms. The van der Waals surface area contributed by atoms with Gasteiger partial charge in [-0.3, -0.25) is 4.79 Å². The molecule has 0 atom stereocenters. The number of hydrogen-bond acceptors (Lipinski definition) is 3. The number of carbonyl (C=O) groups excluding carboxylic acids is 2. The van der Waals surface area contributed by atoms with E-state index in [9.17, 15) is 9.59 Å². The number of carbonyl (C=O) groups is 2. The lowest BCUT2D eigenvalue weighted by Crippen LogP contribution is -2.16. The number of nitrogens with one attached hydrogen (secondary N) is 1. The van der Waals surface area contributed by atoms with E-state index in [0.717, 1.165) is 4.47 Å². The predicted octanol–water partition coefficient (Wildman–Crippen LogP) is 4.64. The minimum atomic E-state index is -0.466. The molecule has 6 heteroatoms. The van der Waals surface area contributed by atoms with Crippen molar-refractivity contribution in [2.45, 2.75) is 6.92 Å². The number of hydrogen-bond donors (Lipinski definition) is 1. The average Bonchev–Trinajstić information content (AvgIpc) is 2.50. The molecule has 0 saturated heterocycles. The van der Waals surface area contributed by atoms with Crippen molar-refractivity contribution in [1.29, 1.82) is 0 Å². The summed E-state index contributed by atoms with van der Waals surface area (Å²) in [4.78, 5) is 24.3. The van der Waals surface area contributed by atoms with E-state index in [1.54, 1.807) is 43.3 Å². The second-order valence-electron chi connectivity index (χ2n) is 4.34. The van der Waals surface area contributed by atoms with E-state index in [0.29, 0.717) is 21.3 Å². The minimum Gasteiger partial charge on any atom is -0.462 e. The van der Waals surface area contributed by atoms with Crippen LogP contribution in [-0.2, 0) is 4.74 Å². The van der Waals surface area contributed by atoms with Gasteiger partial charge in [0.25, 0.3) is 5.91 Å². The van der Waals surface area contributed by atoms with Gasteiger partial charge in [-0.15, -0.1) is 0 Å². The van der Waals surface area contributed by atoms with Crippen molar-refractivity contribution in [1.82, 2.24) is 0 Å². The Labute approximate surface area is 145 Å². The van der Waals surface area contributed by atoms with Crippen LogP contribution in [0.4, 0.5) is 5.69 Å². The minimum absolute atomic E-state index is 0.276. The molecule has 1 N–H and O–H groups in total. The average molecular weight is 427 g/mol. The van der Waals surface area contributed by atoms with Crippen LogP contribution < -0.4 is 5.32 Å². The van der Waals surface area contributed by atoms with Crippen LogP contribution >= 0.6 is 31.9 Å². The first-order valence-corrected chi connectivity index (χ1v) is 8.14. The van der Waals surface area contributed by atoms with Crippen LogP contribution in [0.2, 0.25) is 0 Å². The van der Waals surface area contributed by atoms with Crippen LogP contribution in [0, 0.1) is 0 Å². The number of benzene rings is 2. The Bertz CT molecular complexity index is 716. The third kappa shape index (κ3) is 3.96. The molecule has 2 rings (SSSR count). The Hall–Kier alpha value is -1.66. The van der Waals surface area contributed by atoms with Crippen molar-refractivity contribution < 1.29 is 14.3 Å². The fourth-order valence-corrected chi connectivity index (χ4v) is 2.63. The fourth-order valence-electron chi connectivity index (χ4n) is 1.84. The van der Waals surface area contributed by atoms with Crippen molar-refractivity contribution in [3.63, 3.8) is 0 Å². The molecule has 114 valence electrons. The lowest BCUT2D eigenvalue weighted by atomic mass is 10.1. The zero-order valence-electron chi connectivity index (χ0n) is 11.7. The molecule has 2 aromatic carbocycles. The summed E-state index contributed by atoms with van der Waals surface area (Å²) in [5.41, 5.74) is 1.20. The molecule has 0 aliphatic heterocycles. The quantitative estimate of drug-likeness (QED) is 0.724. The van der Waals surface area contributed by atoms with Gasteiger partial charge in [-0.05, 0) is 53.2 Å². The molecule has 2 aromatic rings. The van der Waals surface area contributed by atoms with Gasteiger partial charge in [-0.25, -0.2) is 4.79 Å². The van der Waals surface area contributed by atoms with Gasteiger partial charge in [0.15, 0.2) is 0 Å². The Kier molecular flexibility index (Phi) is 5.74. The second-order valence-corrected chi connectivity index (χ2v) is 6.11. The SMILES string of the molecule is CCOC(=O)c1ccccc1NC(=O)c1cc(Br)ccc1Br. The van der Waals surface area contributed by atoms with E-state index in [1.807, 2.05) is 6.07 Å². The number of anilines is 1. The highest BCUT2D eigenvalue weighted by molar-refractivity contribution is 9.11. The summed E-state index contributed by atoms with van der Waals surface area (Å²) in [6.07, 6.45) is 0. The molecule has 4 nitrogen and oxygen atoms in total. The van der Waals surface area contributed by atoms with E-state index in [-0.39, 0.29) is 12.5 Å². The van der Waals surface area contributed by atoms with Gasteiger partial charge in [0.05, 0.1) is 23.4 Å². The molecule has 0 heterocycles. The Morgan fingerprint density at radius 3 is 2.55 bits per heavy atom. The zero-order chi connectivity index (χ0) is 16.1. The second kappa shape index (κ2) is 7.56. The van der Waals surface area contributed by atoms with E-state index in [1.165, 1.54) is 0 Å². The molecule has 0 saturated carbocycles. The third-order valence-corrected chi connectivity index (χ3v) is 4.03. The highest BCUT2D eigenvalue weighted by Crippen LogP contribution is 2.24. The Morgan fingerprint density at radius 1 is 1.09 bits per heavy atom. The van der Waals surface area contributed by atoms with Gasteiger partial charge in [-0.1, -0.05) is 28.1 Å². The number of esters is 1. The monoisotopic (exact) mass is 425 g/mol. The van der Waals surface area contributed by atoms with E-state index in [2.05, 4.69) is 37.2 Å².